The van der Waals surface area contributed by atoms with E-state index < -0.39 is 0 Å². The maximum atomic E-state index is 6.19. The number of halogens is 1. The highest BCUT2D eigenvalue weighted by Crippen LogP contribution is 2.27. The summed E-state index contributed by atoms with van der Waals surface area (Å²) < 4.78 is 5.97. The molecule has 136 valence electrons. The van der Waals surface area contributed by atoms with Gasteiger partial charge in [0.2, 0.25) is 0 Å². The Labute approximate surface area is 157 Å². The third-order valence-corrected chi connectivity index (χ3v) is 5.03. The molecule has 25 heavy (non-hydrogen) atoms. The number of hydrogen-bond acceptors (Lipinski definition) is 2. The minimum absolute atomic E-state index is 0.194. The highest BCUT2D eigenvalue weighted by atomic mass is 35.5. The maximum Gasteiger partial charge on any atom is 0.122 e. The summed E-state index contributed by atoms with van der Waals surface area (Å²) in [7, 11) is 0. The zero-order valence-electron chi connectivity index (χ0n) is 16.1. The van der Waals surface area contributed by atoms with Gasteiger partial charge in [-0.25, -0.2) is 0 Å². The average molecular weight is 360 g/mol. The van der Waals surface area contributed by atoms with Crippen molar-refractivity contribution >= 4 is 17.3 Å². The molecule has 0 aliphatic heterocycles. The molecule has 0 unspecified atom stereocenters. The summed E-state index contributed by atoms with van der Waals surface area (Å²) in [5.41, 5.74) is 4.86. The molecule has 2 aromatic carbocycles. The molecule has 2 nitrogen and oxygen atoms in total. The molecular formula is C22H30ClNO. The van der Waals surface area contributed by atoms with Crippen molar-refractivity contribution in [2.45, 2.75) is 47.5 Å². The van der Waals surface area contributed by atoms with E-state index in [0.717, 1.165) is 48.0 Å². The van der Waals surface area contributed by atoms with Crippen LogP contribution in [0.1, 0.15) is 43.4 Å². The van der Waals surface area contributed by atoms with E-state index in [1.165, 1.54) is 11.1 Å². The predicted molar refractivity (Wildman–Crippen MR) is 109 cm³/mol. The Morgan fingerprint density at radius 2 is 1.84 bits per heavy atom. The number of aryl methyl sites for hydroxylation is 2. The standard InChI is InChI=1S/C22H30ClNO/c1-16-10-11-17(2)21(14-16)25-13-7-12-22(4,5)15-24-20-9-6-8-19(23)18(20)3/h6,8-11,14,24H,7,12-13,15H2,1-5H3. The molecule has 3 heteroatoms. The largest absolute Gasteiger partial charge is 0.493 e. The third kappa shape index (κ3) is 5.97. The van der Waals surface area contributed by atoms with E-state index in [9.17, 15) is 0 Å². The summed E-state index contributed by atoms with van der Waals surface area (Å²) in [4.78, 5) is 0. The topological polar surface area (TPSA) is 21.3 Å². The highest BCUT2D eigenvalue weighted by Gasteiger charge is 2.18. The number of anilines is 1. The minimum Gasteiger partial charge on any atom is -0.493 e. The molecule has 0 radical (unpaired) electrons. The van der Waals surface area contributed by atoms with E-state index in [4.69, 9.17) is 16.3 Å². The smallest absolute Gasteiger partial charge is 0.122 e. The van der Waals surface area contributed by atoms with Gasteiger partial charge in [0, 0.05) is 17.3 Å². The Kier molecular flexibility index (Phi) is 6.78. The Hall–Kier alpha value is -1.67. The summed E-state index contributed by atoms with van der Waals surface area (Å²) in [6.07, 6.45) is 2.14. The summed E-state index contributed by atoms with van der Waals surface area (Å²) in [5.74, 6) is 1.01. The van der Waals surface area contributed by atoms with Gasteiger partial charge >= 0.3 is 0 Å². The zero-order valence-corrected chi connectivity index (χ0v) is 16.8. The lowest BCUT2D eigenvalue weighted by Crippen LogP contribution is -2.24. The Balaban J connectivity index is 1.79. The number of rotatable bonds is 8. The van der Waals surface area contributed by atoms with Crippen LogP contribution in [-0.2, 0) is 0 Å². The molecule has 0 bridgehead atoms. The molecule has 0 spiro atoms. The van der Waals surface area contributed by atoms with Crippen LogP contribution >= 0.6 is 11.6 Å². The van der Waals surface area contributed by atoms with Crippen molar-refractivity contribution in [1.82, 2.24) is 0 Å². The van der Waals surface area contributed by atoms with Crippen LogP contribution in [0, 0.1) is 26.2 Å². The van der Waals surface area contributed by atoms with Gasteiger partial charge in [0.15, 0.2) is 0 Å². The lowest BCUT2D eigenvalue weighted by molar-refractivity contribution is 0.263. The van der Waals surface area contributed by atoms with Crippen LogP contribution in [0.2, 0.25) is 5.02 Å². The van der Waals surface area contributed by atoms with Crippen molar-refractivity contribution in [2.24, 2.45) is 5.41 Å². The van der Waals surface area contributed by atoms with Crippen molar-refractivity contribution in [1.29, 1.82) is 0 Å². The first-order valence-corrected chi connectivity index (χ1v) is 9.35. The first-order valence-electron chi connectivity index (χ1n) is 8.97. The molecule has 0 atom stereocenters. The van der Waals surface area contributed by atoms with Crippen molar-refractivity contribution in [3.63, 3.8) is 0 Å². The van der Waals surface area contributed by atoms with Crippen molar-refractivity contribution in [3.05, 3.63) is 58.1 Å². The monoisotopic (exact) mass is 359 g/mol. The Bertz CT molecular complexity index is 709. The van der Waals surface area contributed by atoms with Gasteiger partial charge in [0.1, 0.15) is 5.75 Å². The number of ether oxygens (including phenoxy) is 1. The quantitative estimate of drug-likeness (QED) is 0.538. The van der Waals surface area contributed by atoms with Gasteiger partial charge < -0.3 is 10.1 Å². The molecular weight excluding hydrogens is 330 g/mol. The molecule has 0 fully saturated rings. The van der Waals surface area contributed by atoms with Crippen LogP contribution in [0.3, 0.4) is 0 Å². The van der Waals surface area contributed by atoms with Crippen LogP contribution in [0.25, 0.3) is 0 Å². The molecule has 0 amide bonds. The number of benzene rings is 2. The second kappa shape index (κ2) is 8.62. The zero-order chi connectivity index (χ0) is 18.4. The van der Waals surface area contributed by atoms with Gasteiger partial charge in [0.05, 0.1) is 6.61 Å². The summed E-state index contributed by atoms with van der Waals surface area (Å²) in [6.45, 7) is 12.5. The van der Waals surface area contributed by atoms with E-state index in [-0.39, 0.29) is 5.41 Å². The summed E-state index contributed by atoms with van der Waals surface area (Å²) in [5, 5.41) is 4.35. The van der Waals surface area contributed by atoms with Crippen molar-refractivity contribution in [2.75, 3.05) is 18.5 Å². The van der Waals surface area contributed by atoms with Gasteiger partial charge in [-0.3, -0.25) is 0 Å². The number of hydrogen-bond donors (Lipinski definition) is 1. The Morgan fingerprint density at radius 1 is 1.08 bits per heavy atom. The number of nitrogens with one attached hydrogen (secondary N) is 1. The van der Waals surface area contributed by atoms with Crippen molar-refractivity contribution in [3.8, 4) is 5.75 Å². The maximum absolute atomic E-state index is 6.19. The van der Waals surface area contributed by atoms with E-state index in [1.54, 1.807) is 0 Å². The van der Waals surface area contributed by atoms with E-state index >= 15 is 0 Å². The van der Waals surface area contributed by atoms with Gasteiger partial charge in [-0.05, 0) is 73.9 Å². The van der Waals surface area contributed by atoms with Crippen LogP contribution in [0.15, 0.2) is 36.4 Å². The molecule has 2 aromatic rings. The second-order valence-corrected chi connectivity index (χ2v) is 8.06. The van der Waals surface area contributed by atoms with Crippen molar-refractivity contribution < 1.29 is 4.74 Å². The fraction of sp³-hybridized carbons (Fsp3) is 0.455. The predicted octanol–water partition coefficient (Wildman–Crippen LogP) is 6.56. The van der Waals surface area contributed by atoms with Crippen LogP contribution in [-0.4, -0.2) is 13.2 Å². The molecule has 2 rings (SSSR count). The van der Waals surface area contributed by atoms with Gasteiger partial charge in [-0.1, -0.05) is 43.6 Å². The fourth-order valence-corrected chi connectivity index (χ4v) is 2.99. The van der Waals surface area contributed by atoms with Gasteiger partial charge in [0.25, 0.3) is 0 Å². The SMILES string of the molecule is Cc1ccc(C)c(OCCCC(C)(C)CNc2cccc(Cl)c2C)c1. The molecule has 0 aliphatic carbocycles. The first-order chi connectivity index (χ1) is 11.8. The first kappa shape index (κ1) is 19.7. The lowest BCUT2D eigenvalue weighted by Gasteiger charge is -2.26. The normalized spacial score (nSPS) is 11.4. The van der Waals surface area contributed by atoms with Gasteiger partial charge in [-0.2, -0.15) is 0 Å². The third-order valence-electron chi connectivity index (χ3n) is 4.62. The molecule has 0 heterocycles. The van der Waals surface area contributed by atoms with Crippen LogP contribution in [0.4, 0.5) is 5.69 Å². The minimum atomic E-state index is 0.194. The molecule has 0 saturated heterocycles. The summed E-state index contributed by atoms with van der Waals surface area (Å²) >= 11 is 6.19. The Morgan fingerprint density at radius 3 is 2.60 bits per heavy atom. The second-order valence-electron chi connectivity index (χ2n) is 7.65. The molecule has 0 aliphatic rings. The fourth-order valence-electron chi connectivity index (χ4n) is 2.82. The van der Waals surface area contributed by atoms with Crippen LogP contribution < -0.4 is 10.1 Å². The summed E-state index contributed by atoms with van der Waals surface area (Å²) in [6, 6.07) is 12.4. The van der Waals surface area contributed by atoms with E-state index in [2.05, 4.69) is 64.2 Å². The average Bonchev–Trinajstić information content (AvgIpc) is 2.56. The van der Waals surface area contributed by atoms with E-state index in [0.29, 0.717) is 0 Å². The van der Waals surface area contributed by atoms with Gasteiger partial charge in [-0.15, -0.1) is 0 Å². The molecule has 1 N–H and O–H groups in total. The van der Waals surface area contributed by atoms with Crippen LogP contribution in [0.5, 0.6) is 5.75 Å². The molecule has 0 aromatic heterocycles. The molecule has 0 saturated carbocycles. The lowest BCUT2D eigenvalue weighted by atomic mass is 9.87. The highest BCUT2D eigenvalue weighted by molar-refractivity contribution is 6.31. The van der Waals surface area contributed by atoms with E-state index in [1.807, 2.05) is 12.1 Å².